The van der Waals surface area contributed by atoms with E-state index in [1.54, 1.807) is 42.6 Å². The van der Waals surface area contributed by atoms with Crippen molar-refractivity contribution in [3.63, 3.8) is 0 Å². The van der Waals surface area contributed by atoms with Crippen molar-refractivity contribution in [2.45, 2.75) is 4.90 Å². The fraction of sp³-hybridized carbons (Fsp3) is 0. The van der Waals surface area contributed by atoms with Crippen LogP contribution in [-0.4, -0.2) is 13.4 Å². The average molecular weight is 376 g/mol. The molecule has 0 atom stereocenters. The van der Waals surface area contributed by atoms with Crippen LogP contribution in [0.25, 0.3) is 22.8 Å². The Labute approximate surface area is 157 Å². The van der Waals surface area contributed by atoms with E-state index in [1.807, 2.05) is 36.4 Å². The van der Waals surface area contributed by atoms with Gasteiger partial charge < -0.3 is 4.42 Å². The van der Waals surface area contributed by atoms with Crippen LogP contribution < -0.4 is 4.72 Å². The van der Waals surface area contributed by atoms with Gasteiger partial charge in [-0.05, 0) is 36.4 Å². The van der Waals surface area contributed by atoms with E-state index in [1.165, 1.54) is 12.1 Å². The third-order valence-corrected chi connectivity index (χ3v) is 5.40. The number of hydrogen-bond acceptors (Lipinski definition) is 4. The molecule has 1 heterocycles. The SMILES string of the molecule is O=S(=O)(Nc1ccccc1)c1ccc(-c2ncc(-c3ccccc3)o2)cc1. The molecular weight excluding hydrogens is 360 g/mol. The maximum Gasteiger partial charge on any atom is 0.261 e. The van der Waals surface area contributed by atoms with Gasteiger partial charge in [0.05, 0.1) is 11.1 Å². The van der Waals surface area contributed by atoms with Crippen LogP contribution in [0, 0.1) is 0 Å². The Morgan fingerprint density at radius 1 is 0.741 bits per heavy atom. The Balaban J connectivity index is 1.57. The summed E-state index contributed by atoms with van der Waals surface area (Å²) in [5.74, 6) is 1.10. The van der Waals surface area contributed by atoms with Crippen LogP contribution in [-0.2, 0) is 10.0 Å². The van der Waals surface area contributed by atoms with Crippen molar-refractivity contribution in [3.05, 3.63) is 91.1 Å². The van der Waals surface area contributed by atoms with Gasteiger partial charge in [-0.15, -0.1) is 0 Å². The normalized spacial score (nSPS) is 11.3. The van der Waals surface area contributed by atoms with E-state index in [4.69, 9.17) is 4.42 Å². The summed E-state index contributed by atoms with van der Waals surface area (Å²) in [6.45, 7) is 0. The van der Waals surface area contributed by atoms with Crippen molar-refractivity contribution in [3.8, 4) is 22.8 Å². The van der Waals surface area contributed by atoms with Gasteiger partial charge in [-0.3, -0.25) is 4.72 Å². The molecule has 0 aliphatic heterocycles. The van der Waals surface area contributed by atoms with Gasteiger partial charge >= 0.3 is 0 Å². The summed E-state index contributed by atoms with van der Waals surface area (Å²) in [6.07, 6.45) is 1.66. The van der Waals surface area contributed by atoms with Gasteiger partial charge in [0.2, 0.25) is 5.89 Å². The lowest BCUT2D eigenvalue weighted by atomic mass is 10.2. The minimum Gasteiger partial charge on any atom is -0.436 e. The molecule has 0 radical (unpaired) electrons. The lowest BCUT2D eigenvalue weighted by Gasteiger charge is -2.08. The van der Waals surface area contributed by atoms with Crippen LogP contribution in [0.3, 0.4) is 0 Å². The summed E-state index contributed by atoms with van der Waals surface area (Å²) in [5.41, 5.74) is 2.15. The second-order valence-electron chi connectivity index (χ2n) is 5.89. The Morgan fingerprint density at radius 3 is 2.04 bits per heavy atom. The highest BCUT2D eigenvalue weighted by atomic mass is 32.2. The highest BCUT2D eigenvalue weighted by Crippen LogP contribution is 2.27. The Bertz CT molecular complexity index is 1140. The standard InChI is InChI=1S/C21H16N2O3S/c24-27(25,23-18-9-5-2-6-10-18)19-13-11-17(12-14-19)21-22-15-20(26-21)16-7-3-1-4-8-16/h1-15,23H. The van der Waals surface area contributed by atoms with E-state index in [-0.39, 0.29) is 4.90 Å². The molecule has 4 rings (SSSR count). The number of sulfonamides is 1. The molecule has 0 amide bonds. The maximum absolute atomic E-state index is 12.5. The summed E-state index contributed by atoms with van der Waals surface area (Å²) in [6, 6.07) is 24.9. The van der Waals surface area contributed by atoms with Crippen LogP contribution in [0.2, 0.25) is 0 Å². The molecule has 6 heteroatoms. The van der Waals surface area contributed by atoms with E-state index >= 15 is 0 Å². The molecule has 1 aromatic heterocycles. The molecule has 0 bridgehead atoms. The smallest absolute Gasteiger partial charge is 0.261 e. The first-order valence-corrected chi connectivity index (χ1v) is 9.80. The van der Waals surface area contributed by atoms with Crippen LogP contribution in [0.15, 0.2) is 100 Å². The van der Waals surface area contributed by atoms with Gasteiger partial charge in [-0.25, -0.2) is 13.4 Å². The monoisotopic (exact) mass is 376 g/mol. The molecule has 3 aromatic carbocycles. The summed E-state index contributed by atoms with van der Waals surface area (Å²) < 4.78 is 33.3. The quantitative estimate of drug-likeness (QED) is 0.542. The van der Waals surface area contributed by atoms with Gasteiger partial charge in [-0.2, -0.15) is 0 Å². The van der Waals surface area contributed by atoms with Crippen molar-refractivity contribution in [2.24, 2.45) is 0 Å². The van der Waals surface area contributed by atoms with Gasteiger partial charge in [0.15, 0.2) is 5.76 Å². The second-order valence-corrected chi connectivity index (χ2v) is 7.57. The van der Waals surface area contributed by atoms with Crippen molar-refractivity contribution >= 4 is 15.7 Å². The van der Waals surface area contributed by atoms with Crippen molar-refractivity contribution in [1.82, 2.24) is 4.98 Å². The fourth-order valence-electron chi connectivity index (χ4n) is 2.64. The summed E-state index contributed by atoms with van der Waals surface area (Å²) in [5, 5.41) is 0. The number of nitrogens with one attached hydrogen (secondary N) is 1. The maximum atomic E-state index is 12.5. The minimum atomic E-state index is -3.65. The molecule has 4 aromatic rings. The van der Waals surface area contributed by atoms with Crippen molar-refractivity contribution in [1.29, 1.82) is 0 Å². The largest absolute Gasteiger partial charge is 0.436 e. The molecule has 0 saturated heterocycles. The van der Waals surface area contributed by atoms with Gasteiger partial charge in [0.25, 0.3) is 10.0 Å². The van der Waals surface area contributed by atoms with Crippen molar-refractivity contribution in [2.75, 3.05) is 4.72 Å². The van der Waals surface area contributed by atoms with Gasteiger partial charge in [0, 0.05) is 16.8 Å². The minimum absolute atomic E-state index is 0.171. The predicted molar refractivity (Wildman–Crippen MR) is 105 cm³/mol. The Kier molecular flexibility index (Phi) is 4.48. The van der Waals surface area contributed by atoms with Crippen molar-refractivity contribution < 1.29 is 12.8 Å². The fourth-order valence-corrected chi connectivity index (χ4v) is 3.70. The molecule has 0 spiro atoms. The predicted octanol–water partition coefficient (Wildman–Crippen LogP) is 4.81. The summed E-state index contributed by atoms with van der Waals surface area (Å²) in [4.78, 5) is 4.46. The number of para-hydroxylation sites is 1. The molecule has 0 aliphatic carbocycles. The zero-order chi connectivity index (χ0) is 18.7. The zero-order valence-electron chi connectivity index (χ0n) is 14.2. The average Bonchev–Trinajstić information content (AvgIpc) is 3.19. The number of aromatic nitrogens is 1. The zero-order valence-corrected chi connectivity index (χ0v) is 15.1. The molecule has 1 N–H and O–H groups in total. The number of oxazole rings is 1. The van der Waals surface area contributed by atoms with Crippen LogP contribution in [0.4, 0.5) is 5.69 Å². The number of nitrogens with zero attached hydrogens (tertiary/aromatic N) is 1. The highest BCUT2D eigenvalue weighted by molar-refractivity contribution is 7.92. The third-order valence-electron chi connectivity index (χ3n) is 4.00. The number of rotatable bonds is 5. The van der Waals surface area contributed by atoms with Crippen LogP contribution >= 0.6 is 0 Å². The molecular formula is C21H16N2O3S. The molecule has 134 valence electrons. The van der Waals surface area contributed by atoms with E-state index < -0.39 is 10.0 Å². The number of hydrogen-bond donors (Lipinski definition) is 1. The van der Waals surface area contributed by atoms with E-state index in [0.717, 1.165) is 5.56 Å². The molecule has 0 saturated carbocycles. The first kappa shape index (κ1) is 17.1. The molecule has 0 aliphatic rings. The first-order valence-electron chi connectivity index (χ1n) is 8.31. The lowest BCUT2D eigenvalue weighted by Crippen LogP contribution is -2.12. The molecule has 0 fully saturated rings. The molecule has 27 heavy (non-hydrogen) atoms. The topological polar surface area (TPSA) is 72.2 Å². The summed E-state index contributed by atoms with van der Waals surface area (Å²) in [7, 11) is -3.65. The summed E-state index contributed by atoms with van der Waals surface area (Å²) >= 11 is 0. The van der Waals surface area contributed by atoms with Gasteiger partial charge in [0.1, 0.15) is 0 Å². The number of benzene rings is 3. The third kappa shape index (κ3) is 3.75. The van der Waals surface area contributed by atoms with Crippen LogP contribution in [0.5, 0.6) is 0 Å². The molecule has 5 nitrogen and oxygen atoms in total. The van der Waals surface area contributed by atoms with Gasteiger partial charge in [-0.1, -0.05) is 48.5 Å². The lowest BCUT2D eigenvalue weighted by molar-refractivity contribution is 0.588. The first-order chi connectivity index (χ1) is 13.1. The van der Waals surface area contributed by atoms with E-state index in [2.05, 4.69) is 9.71 Å². The Hall–Kier alpha value is -3.38. The second kappa shape index (κ2) is 7.09. The number of anilines is 1. The Morgan fingerprint density at radius 2 is 1.37 bits per heavy atom. The highest BCUT2D eigenvalue weighted by Gasteiger charge is 2.15. The van der Waals surface area contributed by atoms with Crippen LogP contribution in [0.1, 0.15) is 0 Å². The van der Waals surface area contributed by atoms with E-state index in [9.17, 15) is 8.42 Å². The molecule has 0 unspecified atom stereocenters. The van der Waals surface area contributed by atoms with E-state index in [0.29, 0.717) is 22.9 Å².